The second kappa shape index (κ2) is 22.4. The summed E-state index contributed by atoms with van der Waals surface area (Å²) in [7, 11) is 0. The maximum Gasteiger partial charge on any atom is 2.00 e. The summed E-state index contributed by atoms with van der Waals surface area (Å²) in [5, 5.41) is 33.3. The third-order valence-corrected chi connectivity index (χ3v) is 0. The minimum Gasteiger partial charge on any atom is -0.652 e. The SMILES string of the molecule is B.O=C([O-])[O-].O=C([O-])[O-].[Ca+2].[Mg+2]. The quantitative estimate of drug-likeness (QED) is 0.356. The van der Waals surface area contributed by atoms with Crippen molar-refractivity contribution in [3.8, 4) is 0 Å². The number of rotatable bonds is 0. The van der Waals surface area contributed by atoms with Crippen LogP contribution in [0.1, 0.15) is 0 Å². The Morgan fingerprint density at radius 2 is 0.818 bits per heavy atom. The molecule has 0 radical (unpaired) electrons. The van der Waals surface area contributed by atoms with Gasteiger partial charge in [0.05, 0.1) is 8.41 Å². The standard InChI is InChI=1S/2CH2O3.BH3.Ca.Mg/c2*2-1(3)4;;;/h2*(H2,2,3,4);1H3;;/q;;;2*+2/p-4. The van der Waals surface area contributed by atoms with Gasteiger partial charge in [0, 0.05) is 0 Å². The molecule has 6 nitrogen and oxygen atoms in total. The molecule has 0 aliphatic rings. The van der Waals surface area contributed by atoms with Gasteiger partial charge in [-0.15, -0.1) is 0 Å². The van der Waals surface area contributed by atoms with Gasteiger partial charge in [-0.1, -0.05) is 0 Å². The van der Waals surface area contributed by atoms with E-state index in [1.54, 1.807) is 0 Å². The summed E-state index contributed by atoms with van der Waals surface area (Å²) in [6.45, 7) is 0. The van der Waals surface area contributed by atoms with E-state index < -0.39 is 12.3 Å². The summed E-state index contributed by atoms with van der Waals surface area (Å²) in [6.07, 6.45) is -4.67. The molecule has 54 valence electrons. The number of carbonyl (C=O) groups is 2. The third-order valence-electron chi connectivity index (χ3n) is 0. The fraction of sp³-hybridized carbons (Fsp3) is 0. The van der Waals surface area contributed by atoms with Gasteiger partial charge in [0.1, 0.15) is 0 Å². The van der Waals surface area contributed by atoms with E-state index in [2.05, 4.69) is 0 Å². The Bertz CT molecular complexity index is 78.6. The first-order valence-electron chi connectivity index (χ1n) is 1.22. The summed E-state index contributed by atoms with van der Waals surface area (Å²) >= 11 is 0. The van der Waals surface area contributed by atoms with Crippen molar-refractivity contribution in [1.29, 1.82) is 0 Å². The van der Waals surface area contributed by atoms with E-state index >= 15 is 0 Å². The Morgan fingerprint density at radius 1 is 0.818 bits per heavy atom. The van der Waals surface area contributed by atoms with Crippen molar-refractivity contribution in [2.75, 3.05) is 0 Å². The van der Waals surface area contributed by atoms with Gasteiger partial charge in [0.2, 0.25) is 0 Å². The average molecular weight is 198 g/mol. The van der Waals surface area contributed by atoms with Crippen molar-refractivity contribution in [3.05, 3.63) is 0 Å². The van der Waals surface area contributed by atoms with Gasteiger partial charge < -0.3 is 30.0 Å². The van der Waals surface area contributed by atoms with Gasteiger partial charge in [-0.05, 0) is 12.3 Å². The number of hydrogen-bond acceptors (Lipinski definition) is 6. The zero-order chi connectivity index (χ0) is 7.15. The van der Waals surface area contributed by atoms with E-state index in [0.29, 0.717) is 0 Å². The van der Waals surface area contributed by atoms with Gasteiger partial charge in [-0.2, -0.15) is 0 Å². The molecule has 0 aromatic carbocycles. The van der Waals surface area contributed by atoms with Gasteiger partial charge in [0.15, 0.2) is 0 Å². The van der Waals surface area contributed by atoms with Crippen molar-refractivity contribution in [3.63, 3.8) is 0 Å². The van der Waals surface area contributed by atoms with E-state index in [1.807, 2.05) is 0 Å². The zero-order valence-electron chi connectivity index (χ0n) is 4.86. The van der Waals surface area contributed by atoms with Crippen molar-refractivity contribution >= 4 is 81.5 Å². The molecule has 0 rings (SSSR count). The molecule has 0 aromatic heterocycles. The molecule has 0 fully saturated rings. The number of carboxylic acid groups (broad SMARTS) is 4. The Labute approximate surface area is 110 Å². The normalized spacial score (nSPS) is 4.36. The number of hydrogen-bond donors (Lipinski definition) is 0. The molecule has 9 heteroatoms. The minimum absolute atomic E-state index is 0. The maximum absolute atomic E-state index is 8.33. The first-order chi connectivity index (χ1) is 3.46. The largest absolute Gasteiger partial charge is 2.00 e. The van der Waals surface area contributed by atoms with Crippen molar-refractivity contribution in [1.82, 2.24) is 0 Å². The third kappa shape index (κ3) is 1990. The van der Waals surface area contributed by atoms with Gasteiger partial charge in [-0.25, -0.2) is 0 Å². The molecule has 0 N–H and O–H groups in total. The van der Waals surface area contributed by atoms with Gasteiger partial charge in [0.25, 0.3) is 0 Å². The maximum atomic E-state index is 8.33. The van der Waals surface area contributed by atoms with E-state index in [0.717, 1.165) is 0 Å². The average Bonchev–Trinajstić information content (AvgIpc) is 1.25. The van der Waals surface area contributed by atoms with E-state index in [9.17, 15) is 0 Å². The Balaban J connectivity index is -0.0000000171. The number of carbonyl (C=O) groups excluding carboxylic acids is 2. The zero-order valence-corrected chi connectivity index (χ0v) is 8.49. The summed E-state index contributed by atoms with van der Waals surface area (Å²) in [5.74, 6) is 0. The van der Waals surface area contributed by atoms with Crippen LogP contribution in [-0.4, -0.2) is 81.5 Å². The van der Waals surface area contributed by atoms with Gasteiger partial charge in [-0.3, -0.25) is 0 Å². The van der Waals surface area contributed by atoms with Crippen molar-refractivity contribution in [2.45, 2.75) is 0 Å². The Kier molecular flexibility index (Phi) is 61.0. The van der Waals surface area contributed by atoms with Crippen LogP contribution in [0.3, 0.4) is 0 Å². The smallest absolute Gasteiger partial charge is 0.652 e. The summed E-state index contributed by atoms with van der Waals surface area (Å²) in [6, 6.07) is 0. The predicted octanol–water partition coefficient (Wildman–Crippen LogP) is -6.84. The van der Waals surface area contributed by atoms with E-state index in [-0.39, 0.29) is 69.2 Å². The van der Waals surface area contributed by atoms with E-state index in [1.165, 1.54) is 0 Å². The molecule has 0 aliphatic carbocycles. The van der Waals surface area contributed by atoms with Crippen LogP contribution in [0.25, 0.3) is 0 Å². The van der Waals surface area contributed by atoms with Crippen LogP contribution in [0.2, 0.25) is 0 Å². The topological polar surface area (TPSA) is 126 Å². The monoisotopic (exact) mass is 198 g/mol. The van der Waals surface area contributed by atoms with Crippen LogP contribution in [0.15, 0.2) is 0 Å². The molecule has 0 saturated heterocycles. The van der Waals surface area contributed by atoms with Crippen LogP contribution in [-0.2, 0) is 0 Å². The molecule has 0 saturated carbocycles. The molecule has 0 aliphatic heterocycles. The molecule has 0 unspecified atom stereocenters. The first-order valence-corrected chi connectivity index (χ1v) is 1.22. The van der Waals surface area contributed by atoms with Crippen LogP contribution >= 0.6 is 0 Å². The molecule has 0 amide bonds. The van der Waals surface area contributed by atoms with Crippen LogP contribution in [0, 0.1) is 0 Å². The molecule has 0 atom stereocenters. The fourth-order valence-electron chi connectivity index (χ4n) is 0. The van der Waals surface area contributed by atoms with Crippen molar-refractivity contribution in [2.24, 2.45) is 0 Å². The summed E-state index contributed by atoms with van der Waals surface area (Å²) in [4.78, 5) is 16.7. The Hall–Kier alpha value is 0.631. The fourth-order valence-corrected chi connectivity index (χ4v) is 0. The molecular weight excluding hydrogens is 195 g/mol. The summed E-state index contributed by atoms with van der Waals surface area (Å²) in [5.41, 5.74) is 0. The molecular formula is C2H3BCaMgO6. The molecule has 11 heavy (non-hydrogen) atoms. The summed E-state index contributed by atoms with van der Waals surface area (Å²) < 4.78 is 0. The van der Waals surface area contributed by atoms with Crippen molar-refractivity contribution < 1.29 is 30.0 Å². The second-order valence-corrected chi connectivity index (χ2v) is 0.500. The van der Waals surface area contributed by atoms with Crippen LogP contribution in [0.4, 0.5) is 9.59 Å². The first kappa shape index (κ1) is 29.9. The van der Waals surface area contributed by atoms with E-state index in [4.69, 9.17) is 30.0 Å². The minimum atomic E-state index is -2.33. The molecule has 0 spiro atoms. The second-order valence-electron chi connectivity index (χ2n) is 0.500. The molecule has 0 heterocycles. The van der Waals surface area contributed by atoms with Crippen LogP contribution in [0.5, 0.6) is 0 Å². The molecule has 0 bridgehead atoms. The molecule has 0 aromatic rings. The van der Waals surface area contributed by atoms with Gasteiger partial charge >= 0.3 is 60.8 Å². The Morgan fingerprint density at radius 3 is 0.818 bits per heavy atom. The van der Waals surface area contributed by atoms with Crippen LogP contribution < -0.4 is 20.4 Å². The predicted molar refractivity (Wildman–Crippen MR) is 32.2 cm³/mol.